The number of amides is 3. The van der Waals surface area contributed by atoms with Gasteiger partial charge < -0.3 is 14.9 Å². The second-order valence-electron chi connectivity index (χ2n) is 5.97. The third-order valence-electron chi connectivity index (χ3n) is 4.12. The molecule has 3 rings (SSSR count). The highest BCUT2D eigenvalue weighted by Gasteiger charge is 2.48. The van der Waals surface area contributed by atoms with E-state index in [1.807, 2.05) is 31.2 Å². The van der Waals surface area contributed by atoms with E-state index in [9.17, 15) is 14.4 Å². The number of aryl methyl sites for hydroxylation is 1. The van der Waals surface area contributed by atoms with E-state index in [-0.39, 0.29) is 5.75 Å². The van der Waals surface area contributed by atoms with Crippen LogP contribution in [0.1, 0.15) is 11.1 Å². The Morgan fingerprint density at radius 3 is 2.64 bits per heavy atom. The Bertz CT molecular complexity index is 749. The van der Waals surface area contributed by atoms with Gasteiger partial charge in [-0.15, -0.1) is 0 Å². The third-order valence-corrected chi connectivity index (χ3v) is 5.11. The molecule has 0 saturated carbocycles. The Labute approximate surface area is 148 Å². The second-order valence-corrected chi connectivity index (χ2v) is 6.91. The van der Waals surface area contributed by atoms with Crippen LogP contribution in [0.2, 0.25) is 0 Å². The number of aliphatic imine (C=N–C) groups is 1. The van der Waals surface area contributed by atoms with Crippen molar-refractivity contribution in [1.29, 1.82) is 0 Å². The summed E-state index contributed by atoms with van der Waals surface area (Å²) < 4.78 is 0. The zero-order valence-electron chi connectivity index (χ0n) is 13.8. The molecule has 2 atom stereocenters. The Morgan fingerprint density at radius 1 is 1.32 bits per heavy atom. The molecule has 132 valence electrons. The van der Waals surface area contributed by atoms with Crippen molar-refractivity contribution in [3.05, 3.63) is 35.4 Å². The minimum Gasteiger partial charge on any atom is -0.481 e. The zero-order valence-corrected chi connectivity index (χ0v) is 14.6. The van der Waals surface area contributed by atoms with E-state index in [4.69, 9.17) is 5.11 Å². The van der Waals surface area contributed by atoms with E-state index in [2.05, 4.69) is 10.3 Å². The molecule has 0 bridgehead atoms. The van der Waals surface area contributed by atoms with Crippen molar-refractivity contribution in [2.24, 2.45) is 4.99 Å². The number of carboxylic acid groups (broad SMARTS) is 1. The largest absolute Gasteiger partial charge is 0.481 e. The lowest BCUT2D eigenvalue weighted by molar-refractivity contribution is -0.134. The monoisotopic (exact) mass is 362 g/mol. The predicted octanol–water partition coefficient (Wildman–Crippen LogP) is 0.861. The lowest BCUT2D eigenvalue weighted by Gasteiger charge is -2.36. The van der Waals surface area contributed by atoms with Gasteiger partial charge in [-0.05, 0) is 12.5 Å². The van der Waals surface area contributed by atoms with Crippen LogP contribution in [-0.4, -0.2) is 63.0 Å². The number of benzene rings is 1. The maximum atomic E-state index is 12.4. The first-order chi connectivity index (χ1) is 11.9. The van der Waals surface area contributed by atoms with Crippen LogP contribution >= 0.6 is 11.8 Å². The highest BCUT2D eigenvalue weighted by atomic mass is 32.2. The second kappa shape index (κ2) is 6.75. The maximum absolute atomic E-state index is 12.4. The molecule has 1 saturated heterocycles. The Balaban J connectivity index is 1.89. The van der Waals surface area contributed by atoms with Gasteiger partial charge in [0.25, 0.3) is 5.91 Å². The summed E-state index contributed by atoms with van der Waals surface area (Å²) in [6, 6.07) is 6.69. The number of hydrogen-bond donors (Lipinski definition) is 2. The summed E-state index contributed by atoms with van der Waals surface area (Å²) >= 11 is 1.05. The van der Waals surface area contributed by atoms with Gasteiger partial charge in [0, 0.05) is 13.6 Å². The average Bonchev–Trinajstić information content (AvgIpc) is 2.92. The Kier molecular flexibility index (Phi) is 4.67. The first-order valence-corrected chi connectivity index (χ1v) is 8.67. The summed E-state index contributed by atoms with van der Waals surface area (Å²) in [4.78, 5) is 42.7. The minimum atomic E-state index is -0.966. The Morgan fingerprint density at radius 2 is 2.00 bits per heavy atom. The maximum Gasteiger partial charge on any atom is 0.325 e. The molecule has 0 aliphatic carbocycles. The molecule has 1 aromatic rings. The van der Waals surface area contributed by atoms with Crippen LogP contribution in [0, 0.1) is 6.92 Å². The predicted molar refractivity (Wildman–Crippen MR) is 93.1 cm³/mol. The minimum absolute atomic E-state index is 0.165. The van der Waals surface area contributed by atoms with E-state index in [0.717, 1.165) is 22.9 Å². The van der Waals surface area contributed by atoms with Crippen LogP contribution in [0.3, 0.4) is 0 Å². The number of thioether (sulfide) groups is 1. The van der Waals surface area contributed by atoms with Gasteiger partial charge in [-0.25, -0.2) is 9.79 Å². The fourth-order valence-corrected chi connectivity index (χ4v) is 3.58. The van der Waals surface area contributed by atoms with Gasteiger partial charge >= 0.3 is 12.0 Å². The first-order valence-electron chi connectivity index (χ1n) is 7.69. The van der Waals surface area contributed by atoms with Crippen LogP contribution < -0.4 is 5.32 Å². The van der Waals surface area contributed by atoms with E-state index in [1.54, 1.807) is 11.9 Å². The molecule has 1 aromatic carbocycles. The van der Waals surface area contributed by atoms with E-state index < -0.39 is 30.1 Å². The number of rotatable bonds is 4. The van der Waals surface area contributed by atoms with Gasteiger partial charge in [0.05, 0.1) is 5.75 Å². The van der Waals surface area contributed by atoms with Crippen LogP contribution in [0.15, 0.2) is 29.3 Å². The molecule has 1 fully saturated rings. The van der Waals surface area contributed by atoms with E-state index in [1.165, 1.54) is 4.90 Å². The van der Waals surface area contributed by atoms with Gasteiger partial charge in [0.2, 0.25) is 0 Å². The first kappa shape index (κ1) is 17.3. The molecule has 25 heavy (non-hydrogen) atoms. The number of hydrogen-bond acceptors (Lipinski definition) is 6. The van der Waals surface area contributed by atoms with Crippen molar-refractivity contribution >= 4 is 34.8 Å². The number of fused-ring (bicyclic) bond motifs is 1. The number of nitrogens with zero attached hydrogens (tertiary/aromatic N) is 3. The van der Waals surface area contributed by atoms with Crippen molar-refractivity contribution in [2.45, 2.75) is 25.7 Å². The molecule has 0 radical (unpaired) electrons. The number of nitrogens with one attached hydrogen (secondary N) is 1. The fourth-order valence-electron chi connectivity index (χ4n) is 2.80. The molecule has 0 aromatic heterocycles. The zero-order chi connectivity index (χ0) is 18.1. The molecule has 2 unspecified atom stereocenters. The van der Waals surface area contributed by atoms with Crippen molar-refractivity contribution in [1.82, 2.24) is 15.1 Å². The van der Waals surface area contributed by atoms with Crippen LogP contribution in [0.4, 0.5) is 4.79 Å². The van der Waals surface area contributed by atoms with Crippen molar-refractivity contribution in [2.75, 3.05) is 12.8 Å². The summed E-state index contributed by atoms with van der Waals surface area (Å²) in [5.41, 5.74) is 2.10. The average molecular weight is 362 g/mol. The van der Waals surface area contributed by atoms with Crippen molar-refractivity contribution in [3.63, 3.8) is 0 Å². The molecule has 8 nitrogen and oxygen atoms in total. The highest BCUT2D eigenvalue weighted by molar-refractivity contribution is 8.14. The molecule has 3 amide bonds. The van der Waals surface area contributed by atoms with Crippen LogP contribution in [0.25, 0.3) is 0 Å². The normalized spacial score (nSPS) is 22.6. The summed E-state index contributed by atoms with van der Waals surface area (Å²) in [7, 11) is 1.57. The van der Waals surface area contributed by atoms with Gasteiger partial charge in [0.15, 0.2) is 17.4 Å². The van der Waals surface area contributed by atoms with Gasteiger partial charge in [-0.1, -0.05) is 41.6 Å². The number of likely N-dealkylation sites (N-methyl/N-ethyl adjacent to an activating group) is 1. The molecule has 2 heterocycles. The summed E-state index contributed by atoms with van der Waals surface area (Å²) in [5.74, 6) is -1.55. The van der Waals surface area contributed by atoms with Crippen molar-refractivity contribution < 1.29 is 19.5 Å². The molecule has 2 aliphatic rings. The van der Waals surface area contributed by atoms with E-state index in [0.29, 0.717) is 11.7 Å². The number of carboxylic acids is 1. The molecular weight excluding hydrogens is 344 g/mol. The smallest absolute Gasteiger partial charge is 0.325 e. The van der Waals surface area contributed by atoms with Crippen molar-refractivity contribution in [3.8, 4) is 0 Å². The standard InChI is InChI=1S/C16H18N4O4S/c1-9-3-5-10(6-4-9)7-20-12-13(17-16(20)25-8-11(21)22)19(2)15(24)18-14(12)23/h3-6,12-13H,7-8H2,1-2H3,(H,21,22)(H,18,23,24). The number of carbonyl (C=O) groups excluding carboxylic acids is 2. The molecule has 2 aliphatic heterocycles. The Hall–Kier alpha value is -2.55. The fraction of sp³-hybridized carbons (Fsp3) is 0.375. The number of urea groups is 1. The van der Waals surface area contributed by atoms with Gasteiger partial charge in [-0.3, -0.25) is 14.9 Å². The lowest BCUT2D eigenvalue weighted by atomic mass is 10.1. The number of imide groups is 1. The molecule has 2 N–H and O–H groups in total. The summed E-state index contributed by atoms with van der Waals surface area (Å²) in [6.45, 7) is 2.39. The summed E-state index contributed by atoms with van der Waals surface area (Å²) in [5, 5.41) is 11.7. The quantitative estimate of drug-likeness (QED) is 0.824. The topological polar surface area (TPSA) is 102 Å². The molecule has 9 heteroatoms. The van der Waals surface area contributed by atoms with E-state index >= 15 is 0 Å². The summed E-state index contributed by atoms with van der Waals surface area (Å²) in [6.07, 6.45) is -0.650. The third kappa shape index (κ3) is 3.46. The molecular formula is C16H18N4O4S. The van der Waals surface area contributed by atoms with Crippen LogP contribution in [-0.2, 0) is 16.1 Å². The number of carbonyl (C=O) groups is 3. The molecule has 0 spiro atoms. The SMILES string of the molecule is Cc1ccc(CN2C(SCC(=O)O)=NC3C2C(=O)NC(=O)N3C)cc1. The van der Waals surface area contributed by atoms with Crippen LogP contribution in [0.5, 0.6) is 0 Å². The van der Waals surface area contributed by atoms with Gasteiger partial charge in [-0.2, -0.15) is 0 Å². The lowest BCUT2D eigenvalue weighted by Crippen LogP contribution is -2.63. The highest BCUT2D eigenvalue weighted by Crippen LogP contribution is 2.30. The number of aliphatic carboxylic acids is 1. The number of amidine groups is 1. The van der Waals surface area contributed by atoms with Gasteiger partial charge in [0.1, 0.15) is 0 Å².